The van der Waals surface area contributed by atoms with Gasteiger partial charge in [0.25, 0.3) is 5.91 Å². The van der Waals surface area contributed by atoms with Gasteiger partial charge < -0.3 is 0 Å². The molecule has 0 saturated heterocycles. The molecule has 7 nitrogen and oxygen atoms in total. The van der Waals surface area contributed by atoms with E-state index < -0.39 is 0 Å². The summed E-state index contributed by atoms with van der Waals surface area (Å²) in [6.45, 7) is 0. The Kier molecular flexibility index (Phi) is 3.89. The first-order valence-electron chi connectivity index (χ1n) is 8.05. The molecule has 3 aromatic heterocycles. The molecular formula is C16H17N5O2S. The summed E-state index contributed by atoms with van der Waals surface area (Å²) in [6, 6.07) is 3.29. The van der Waals surface area contributed by atoms with Gasteiger partial charge in [-0.3, -0.25) is 10.1 Å². The minimum Gasteiger partial charge on any atom is -0.298 e. The van der Waals surface area contributed by atoms with E-state index in [2.05, 4.69) is 20.5 Å². The summed E-state index contributed by atoms with van der Waals surface area (Å²) in [4.78, 5) is 28.7. The second-order valence-electron chi connectivity index (χ2n) is 6.01. The third-order valence-corrected chi connectivity index (χ3v) is 5.23. The molecule has 0 atom stereocenters. The summed E-state index contributed by atoms with van der Waals surface area (Å²) in [5, 5.41) is 11.7. The Bertz CT molecular complexity index is 935. The van der Waals surface area contributed by atoms with Gasteiger partial charge >= 0.3 is 5.69 Å². The minimum atomic E-state index is -0.367. The smallest absolute Gasteiger partial charge is 0.298 e. The number of thiazole rings is 1. The largest absolute Gasteiger partial charge is 0.347 e. The van der Waals surface area contributed by atoms with E-state index in [0.29, 0.717) is 22.3 Å². The predicted octanol–water partition coefficient (Wildman–Crippen LogP) is 2.78. The molecule has 1 saturated carbocycles. The summed E-state index contributed by atoms with van der Waals surface area (Å²) in [5.74, 6) is 0.193. The molecule has 2 N–H and O–H groups in total. The topological polar surface area (TPSA) is 92.2 Å². The average molecular weight is 343 g/mol. The number of fused-ring (bicyclic) bond motifs is 1. The molecule has 0 spiro atoms. The SMILES string of the molecule is O=C(Nc1nc(C2CCCCC2)cs1)c1cccn2c(=O)[nH]nc12. The van der Waals surface area contributed by atoms with Crippen molar-refractivity contribution in [3.05, 3.63) is 45.5 Å². The Morgan fingerprint density at radius 2 is 2.17 bits per heavy atom. The standard InChI is InChI=1S/C16H17N5O2S/c22-14(11-7-4-8-21-13(11)19-20-16(21)23)18-15-17-12(9-24-15)10-5-2-1-3-6-10/h4,7-10H,1-3,5-6H2,(H,20,23)(H,17,18,22). The van der Waals surface area contributed by atoms with Crippen LogP contribution >= 0.6 is 11.3 Å². The highest BCUT2D eigenvalue weighted by atomic mass is 32.1. The van der Waals surface area contributed by atoms with Gasteiger partial charge in [-0.25, -0.2) is 19.3 Å². The predicted molar refractivity (Wildman–Crippen MR) is 91.7 cm³/mol. The lowest BCUT2D eigenvalue weighted by Gasteiger charge is -2.19. The summed E-state index contributed by atoms with van der Waals surface area (Å²) in [5.41, 5.74) is 1.35. The number of anilines is 1. The van der Waals surface area contributed by atoms with Gasteiger partial charge in [0.05, 0.1) is 11.3 Å². The fraction of sp³-hybridized carbons (Fsp3) is 0.375. The molecule has 3 heterocycles. The maximum atomic E-state index is 12.5. The van der Waals surface area contributed by atoms with Crippen molar-refractivity contribution in [3.63, 3.8) is 0 Å². The summed E-state index contributed by atoms with van der Waals surface area (Å²) >= 11 is 1.44. The van der Waals surface area contributed by atoms with E-state index in [1.54, 1.807) is 18.3 Å². The molecule has 1 amide bonds. The van der Waals surface area contributed by atoms with Crippen molar-refractivity contribution >= 4 is 28.0 Å². The Balaban J connectivity index is 1.55. The van der Waals surface area contributed by atoms with Crippen LogP contribution < -0.4 is 11.0 Å². The molecule has 3 aromatic rings. The van der Waals surface area contributed by atoms with E-state index in [0.717, 1.165) is 5.69 Å². The van der Waals surface area contributed by atoms with E-state index >= 15 is 0 Å². The van der Waals surface area contributed by atoms with Gasteiger partial charge in [0.1, 0.15) is 0 Å². The van der Waals surface area contributed by atoms with E-state index in [1.807, 2.05) is 5.38 Å². The number of rotatable bonds is 3. The van der Waals surface area contributed by atoms with Gasteiger partial charge in [-0.2, -0.15) is 5.10 Å². The van der Waals surface area contributed by atoms with Crippen LogP contribution in [0.25, 0.3) is 5.65 Å². The molecule has 0 aromatic carbocycles. The molecule has 0 bridgehead atoms. The lowest BCUT2D eigenvalue weighted by atomic mass is 9.87. The Labute approximate surface area is 141 Å². The zero-order valence-corrected chi connectivity index (χ0v) is 13.8. The first-order chi connectivity index (χ1) is 11.7. The van der Waals surface area contributed by atoms with Crippen LogP contribution in [0.1, 0.15) is 54.1 Å². The van der Waals surface area contributed by atoms with E-state index in [-0.39, 0.29) is 11.6 Å². The number of carbonyl (C=O) groups is 1. The molecule has 1 aliphatic carbocycles. The van der Waals surface area contributed by atoms with Gasteiger partial charge in [-0.1, -0.05) is 19.3 Å². The highest BCUT2D eigenvalue weighted by molar-refractivity contribution is 7.14. The molecule has 1 aliphatic rings. The van der Waals surface area contributed by atoms with E-state index in [9.17, 15) is 9.59 Å². The van der Waals surface area contributed by atoms with Crippen LogP contribution in [0.4, 0.5) is 5.13 Å². The zero-order valence-electron chi connectivity index (χ0n) is 13.0. The van der Waals surface area contributed by atoms with Crippen molar-refractivity contribution in [3.8, 4) is 0 Å². The normalized spacial score (nSPS) is 15.7. The van der Waals surface area contributed by atoms with Crippen molar-refractivity contribution in [1.82, 2.24) is 19.6 Å². The maximum absolute atomic E-state index is 12.5. The van der Waals surface area contributed by atoms with Gasteiger partial charge in [0.2, 0.25) is 0 Å². The summed E-state index contributed by atoms with van der Waals surface area (Å²) in [6.07, 6.45) is 7.72. The molecule has 8 heteroatoms. The Morgan fingerprint density at radius 3 is 3.00 bits per heavy atom. The number of aromatic amines is 1. The van der Waals surface area contributed by atoms with Crippen LogP contribution in [0.2, 0.25) is 0 Å². The number of hydrogen-bond acceptors (Lipinski definition) is 5. The van der Waals surface area contributed by atoms with Crippen LogP contribution in [-0.2, 0) is 0 Å². The first-order valence-corrected chi connectivity index (χ1v) is 8.93. The monoisotopic (exact) mass is 343 g/mol. The van der Waals surface area contributed by atoms with E-state index in [1.165, 1.54) is 47.8 Å². The number of amides is 1. The molecule has 24 heavy (non-hydrogen) atoms. The quantitative estimate of drug-likeness (QED) is 0.765. The number of nitrogens with zero attached hydrogens (tertiary/aromatic N) is 3. The summed E-state index contributed by atoms with van der Waals surface area (Å²) < 4.78 is 1.31. The lowest BCUT2D eigenvalue weighted by molar-refractivity contribution is 0.102. The fourth-order valence-electron chi connectivity index (χ4n) is 3.20. The van der Waals surface area contributed by atoms with E-state index in [4.69, 9.17) is 0 Å². The number of carbonyl (C=O) groups excluding carboxylic acids is 1. The number of hydrogen-bond donors (Lipinski definition) is 2. The van der Waals surface area contributed by atoms with Crippen molar-refractivity contribution in [2.45, 2.75) is 38.0 Å². The molecule has 124 valence electrons. The number of pyridine rings is 1. The number of aromatic nitrogens is 4. The maximum Gasteiger partial charge on any atom is 0.347 e. The second kappa shape index (κ2) is 6.20. The average Bonchev–Trinajstić information content (AvgIpc) is 3.23. The van der Waals surface area contributed by atoms with Crippen molar-refractivity contribution in [2.24, 2.45) is 0 Å². The molecule has 1 fully saturated rings. The van der Waals surface area contributed by atoms with Gasteiger partial charge in [0.15, 0.2) is 10.8 Å². The third-order valence-electron chi connectivity index (χ3n) is 4.45. The van der Waals surface area contributed by atoms with Gasteiger partial charge in [-0.15, -0.1) is 11.3 Å². The second-order valence-corrected chi connectivity index (χ2v) is 6.87. The summed E-state index contributed by atoms with van der Waals surface area (Å²) in [7, 11) is 0. The Hall–Kier alpha value is -2.48. The van der Waals surface area contributed by atoms with Crippen molar-refractivity contribution in [2.75, 3.05) is 5.32 Å². The van der Waals surface area contributed by atoms with Crippen LogP contribution in [0.5, 0.6) is 0 Å². The highest BCUT2D eigenvalue weighted by Gasteiger charge is 2.20. The van der Waals surface area contributed by atoms with Crippen LogP contribution in [-0.4, -0.2) is 25.5 Å². The molecular weight excluding hydrogens is 326 g/mol. The fourth-order valence-corrected chi connectivity index (χ4v) is 3.99. The molecule has 4 rings (SSSR count). The van der Waals surface area contributed by atoms with Crippen LogP contribution in [0, 0.1) is 0 Å². The van der Waals surface area contributed by atoms with Crippen molar-refractivity contribution in [1.29, 1.82) is 0 Å². The Morgan fingerprint density at radius 1 is 1.33 bits per heavy atom. The number of H-pyrrole nitrogens is 1. The van der Waals surface area contributed by atoms with Crippen LogP contribution in [0.3, 0.4) is 0 Å². The number of nitrogens with one attached hydrogen (secondary N) is 2. The molecule has 0 unspecified atom stereocenters. The molecule has 0 aliphatic heterocycles. The van der Waals surface area contributed by atoms with Crippen molar-refractivity contribution < 1.29 is 4.79 Å². The van der Waals surface area contributed by atoms with Gasteiger partial charge in [-0.05, 0) is 25.0 Å². The minimum absolute atomic E-state index is 0.309. The molecule has 0 radical (unpaired) electrons. The zero-order chi connectivity index (χ0) is 16.5. The first kappa shape index (κ1) is 15.1. The lowest BCUT2D eigenvalue weighted by Crippen LogP contribution is -2.15. The third kappa shape index (κ3) is 2.73. The highest BCUT2D eigenvalue weighted by Crippen LogP contribution is 2.34. The van der Waals surface area contributed by atoms with Crippen LogP contribution in [0.15, 0.2) is 28.5 Å². The van der Waals surface area contributed by atoms with Gasteiger partial charge in [0, 0.05) is 17.5 Å².